The molecular weight excluding hydrogens is 386 g/mol. The third-order valence-electron chi connectivity index (χ3n) is 6.15. The largest absolute Gasteiger partial charge is 0.293 e. The van der Waals surface area contributed by atoms with E-state index in [1.165, 1.54) is 48.2 Å². The van der Waals surface area contributed by atoms with Gasteiger partial charge in [-0.3, -0.25) is 4.90 Å². The molecule has 2 aromatic heterocycles. The van der Waals surface area contributed by atoms with Gasteiger partial charge in [0.2, 0.25) is 0 Å². The van der Waals surface area contributed by atoms with Crippen molar-refractivity contribution in [1.29, 1.82) is 0 Å². The third-order valence-corrected chi connectivity index (χ3v) is 7.13. The summed E-state index contributed by atoms with van der Waals surface area (Å²) in [6.45, 7) is 2.99. The van der Waals surface area contributed by atoms with Gasteiger partial charge >= 0.3 is 0 Å². The molecule has 152 valence electrons. The Bertz CT molecular complexity index is 1050. The van der Waals surface area contributed by atoms with Crippen LogP contribution in [0.25, 0.3) is 0 Å². The molecule has 1 saturated carbocycles. The average molecular weight is 414 g/mol. The number of aromatic nitrogens is 2. The van der Waals surface area contributed by atoms with Gasteiger partial charge in [0.25, 0.3) is 0 Å². The minimum atomic E-state index is 0.587. The van der Waals surface area contributed by atoms with Crippen LogP contribution in [0.3, 0.4) is 0 Å². The Kier molecular flexibility index (Phi) is 5.92. The van der Waals surface area contributed by atoms with Crippen molar-refractivity contribution < 1.29 is 0 Å². The van der Waals surface area contributed by atoms with E-state index < -0.39 is 0 Å². The highest BCUT2D eigenvalue weighted by atomic mass is 32.1. The summed E-state index contributed by atoms with van der Waals surface area (Å²) in [5.74, 6) is 8.24. The number of nitrogens with zero attached hydrogens (tertiary/aromatic N) is 3. The van der Waals surface area contributed by atoms with Gasteiger partial charge in [-0.25, -0.2) is 9.97 Å². The van der Waals surface area contributed by atoms with E-state index in [-0.39, 0.29) is 0 Å². The highest BCUT2D eigenvalue weighted by molar-refractivity contribution is 7.12. The molecule has 0 radical (unpaired) electrons. The summed E-state index contributed by atoms with van der Waals surface area (Å²) >= 11 is 1.80. The van der Waals surface area contributed by atoms with Gasteiger partial charge in [-0.1, -0.05) is 49.3 Å². The van der Waals surface area contributed by atoms with E-state index in [2.05, 4.69) is 47.2 Å². The minimum absolute atomic E-state index is 0.587. The van der Waals surface area contributed by atoms with Gasteiger partial charge in [-0.2, -0.15) is 0 Å². The summed E-state index contributed by atoms with van der Waals surface area (Å²) in [5, 5.41) is 0. The molecule has 0 atom stereocenters. The molecule has 0 bridgehead atoms. The molecule has 0 unspecified atom stereocenters. The van der Waals surface area contributed by atoms with E-state index in [4.69, 9.17) is 9.97 Å². The van der Waals surface area contributed by atoms with Crippen LogP contribution < -0.4 is 0 Å². The Morgan fingerprint density at radius 1 is 1.00 bits per heavy atom. The maximum atomic E-state index is 4.98. The number of thiophene rings is 1. The zero-order valence-corrected chi connectivity index (χ0v) is 18.1. The van der Waals surface area contributed by atoms with Gasteiger partial charge in [-0.15, -0.1) is 11.3 Å². The molecule has 0 saturated heterocycles. The summed E-state index contributed by atoms with van der Waals surface area (Å²) in [6.07, 6.45) is 9.69. The molecule has 1 aliphatic heterocycles. The van der Waals surface area contributed by atoms with E-state index in [1.54, 1.807) is 11.3 Å². The quantitative estimate of drug-likeness (QED) is 0.528. The summed E-state index contributed by atoms with van der Waals surface area (Å²) in [6, 6.07) is 14.5. The molecule has 0 N–H and O–H groups in total. The smallest absolute Gasteiger partial charge is 0.131 e. The van der Waals surface area contributed by atoms with Gasteiger partial charge < -0.3 is 0 Å². The van der Waals surface area contributed by atoms with Crippen LogP contribution >= 0.6 is 11.3 Å². The van der Waals surface area contributed by atoms with Crippen LogP contribution in [0.2, 0.25) is 0 Å². The van der Waals surface area contributed by atoms with Crippen molar-refractivity contribution in [1.82, 2.24) is 14.9 Å². The fourth-order valence-corrected chi connectivity index (χ4v) is 5.39. The highest BCUT2D eigenvalue weighted by Gasteiger charge is 2.22. The first-order chi connectivity index (χ1) is 14.8. The molecule has 1 fully saturated rings. The standard InChI is InChI=1S/C26H27N3S/c1-3-7-20(8-4-1)11-12-23-13-14-24(30-23)19-29-16-15-25-22(18-29)17-27-26(28-25)21-9-5-2-6-10-21/h1,3-4,7-8,13-14,17,21H,2,5-6,9-10,15-16,18-19H2. The predicted molar refractivity (Wildman–Crippen MR) is 122 cm³/mol. The van der Waals surface area contributed by atoms with Crippen molar-refractivity contribution in [2.45, 2.75) is 57.5 Å². The van der Waals surface area contributed by atoms with Crippen LogP contribution in [0.5, 0.6) is 0 Å². The van der Waals surface area contributed by atoms with Crippen LogP contribution in [0, 0.1) is 11.8 Å². The van der Waals surface area contributed by atoms with E-state index >= 15 is 0 Å². The molecule has 3 heterocycles. The van der Waals surface area contributed by atoms with E-state index in [0.29, 0.717) is 5.92 Å². The molecule has 4 heteroatoms. The topological polar surface area (TPSA) is 29.0 Å². The van der Waals surface area contributed by atoms with Gasteiger partial charge in [-0.05, 0) is 37.1 Å². The summed E-state index contributed by atoms with van der Waals surface area (Å²) in [5.41, 5.74) is 3.65. The van der Waals surface area contributed by atoms with Crippen molar-refractivity contribution in [2.75, 3.05) is 6.54 Å². The monoisotopic (exact) mass is 413 g/mol. The fraction of sp³-hybridized carbons (Fsp3) is 0.385. The first-order valence-electron chi connectivity index (χ1n) is 11.1. The SMILES string of the molecule is C(#Cc1ccc(CN2CCc3nc(C4CCCCC4)ncc3C2)s1)c1ccccc1. The van der Waals surface area contributed by atoms with E-state index in [1.807, 2.05) is 18.2 Å². The second kappa shape index (κ2) is 9.12. The van der Waals surface area contributed by atoms with Gasteiger partial charge in [0.05, 0.1) is 4.88 Å². The van der Waals surface area contributed by atoms with Crippen molar-refractivity contribution in [3.63, 3.8) is 0 Å². The number of hydrogen-bond donors (Lipinski definition) is 0. The van der Waals surface area contributed by atoms with Gasteiger partial charge in [0.1, 0.15) is 5.82 Å². The zero-order chi connectivity index (χ0) is 20.2. The highest BCUT2D eigenvalue weighted by Crippen LogP contribution is 2.31. The minimum Gasteiger partial charge on any atom is -0.293 e. The lowest BCUT2D eigenvalue weighted by Gasteiger charge is -2.28. The number of fused-ring (bicyclic) bond motifs is 1. The summed E-state index contributed by atoms with van der Waals surface area (Å²) in [4.78, 5) is 14.8. The number of rotatable bonds is 3. The molecule has 1 aromatic carbocycles. The number of benzene rings is 1. The van der Waals surface area contributed by atoms with Gasteiger partial charge in [0.15, 0.2) is 0 Å². The molecule has 3 nitrogen and oxygen atoms in total. The second-order valence-electron chi connectivity index (χ2n) is 8.38. The first-order valence-corrected chi connectivity index (χ1v) is 11.9. The molecule has 1 aliphatic carbocycles. The molecule has 0 amide bonds. The Morgan fingerprint density at radius 2 is 1.87 bits per heavy atom. The maximum absolute atomic E-state index is 4.98. The number of hydrogen-bond acceptors (Lipinski definition) is 4. The second-order valence-corrected chi connectivity index (χ2v) is 9.55. The average Bonchev–Trinajstić information content (AvgIpc) is 3.26. The Hall–Kier alpha value is -2.48. The Morgan fingerprint density at radius 3 is 2.73 bits per heavy atom. The lowest BCUT2D eigenvalue weighted by atomic mass is 9.88. The first kappa shape index (κ1) is 19.5. The molecule has 3 aromatic rings. The van der Waals surface area contributed by atoms with E-state index in [0.717, 1.165) is 42.3 Å². The van der Waals surface area contributed by atoms with Crippen LogP contribution in [0.15, 0.2) is 48.7 Å². The van der Waals surface area contributed by atoms with Gasteiger partial charge in [0, 0.05) is 59.9 Å². The lowest BCUT2D eigenvalue weighted by molar-refractivity contribution is 0.244. The Labute approximate surface area is 183 Å². The predicted octanol–water partition coefficient (Wildman–Crippen LogP) is 5.54. The zero-order valence-electron chi connectivity index (χ0n) is 17.3. The summed E-state index contributed by atoms with van der Waals surface area (Å²) in [7, 11) is 0. The van der Waals surface area contributed by atoms with Crippen molar-refractivity contribution in [3.05, 3.63) is 81.1 Å². The van der Waals surface area contributed by atoms with Crippen LogP contribution in [0.1, 0.15) is 70.4 Å². The van der Waals surface area contributed by atoms with Crippen LogP contribution in [-0.2, 0) is 19.5 Å². The molecular formula is C26H27N3S. The molecule has 2 aliphatic rings. The third kappa shape index (κ3) is 4.64. The van der Waals surface area contributed by atoms with E-state index in [9.17, 15) is 0 Å². The lowest BCUT2D eigenvalue weighted by Crippen LogP contribution is -2.31. The molecule has 5 rings (SSSR count). The summed E-state index contributed by atoms with van der Waals surface area (Å²) < 4.78 is 0. The molecule has 30 heavy (non-hydrogen) atoms. The van der Waals surface area contributed by atoms with Crippen LogP contribution in [0.4, 0.5) is 0 Å². The normalized spacial score (nSPS) is 17.2. The Balaban J connectivity index is 1.22. The maximum Gasteiger partial charge on any atom is 0.131 e. The fourth-order valence-electron chi connectivity index (χ4n) is 4.49. The van der Waals surface area contributed by atoms with Crippen molar-refractivity contribution >= 4 is 11.3 Å². The van der Waals surface area contributed by atoms with Crippen LogP contribution in [-0.4, -0.2) is 21.4 Å². The van der Waals surface area contributed by atoms with Crippen molar-refractivity contribution in [3.8, 4) is 11.8 Å². The molecule has 0 spiro atoms. The van der Waals surface area contributed by atoms with Crippen molar-refractivity contribution in [2.24, 2.45) is 0 Å².